The van der Waals surface area contributed by atoms with E-state index in [0.717, 1.165) is 26.1 Å². The van der Waals surface area contributed by atoms with E-state index >= 15 is 0 Å². The molecule has 1 saturated heterocycles. The van der Waals surface area contributed by atoms with Crippen LogP contribution in [0.1, 0.15) is 20.3 Å². The van der Waals surface area contributed by atoms with Crippen LogP contribution in [-0.2, 0) is 0 Å². The summed E-state index contributed by atoms with van der Waals surface area (Å²) in [6.07, 6.45) is 1.16. The zero-order valence-corrected chi connectivity index (χ0v) is 9.45. The van der Waals surface area contributed by atoms with Gasteiger partial charge in [-0.2, -0.15) is 0 Å². The molecule has 1 heterocycles. The molecule has 0 aromatic carbocycles. The van der Waals surface area contributed by atoms with Gasteiger partial charge in [-0.05, 0) is 25.9 Å². The summed E-state index contributed by atoms with van der Waals surface area (Å²) in [6, 6.07) is 0.482. The molecule has 3 N–H and O–H groups in total. The molecule has 0 spiro atoms. The van der Waals surface area contributed by atoms with Gasteiger partial charge < -0.3 is 16.0 Å². The van der Waals surface area contributed by atoms with E-state index in [1.807, 2.05) is 0 Å². The normalized spacial score (nSPS) is 24.6. The molecule has 1 fully saturated rings. The maximum Gasteiger partial charge on any atom is 0.188 e. The van der Waals surface area contributed by atoms with Gasteiger partial charge in [0.25, 0.3) is 0 Å². The van der Waals surface area contributed by atoms with E-state index in [1.165, 1.54) is 0 Å². The summed E-state index contributed by atoms with van der Waals surface area (Å²) in [4.78, 5) is 6.58. The fourth-order valence-corrected chi connectivity index (χ4v) is 1.59. The van der Waals surface area contributed by atoms with E-state index in [9.17, 15) is 0 Å². The van der Waals surface area contributed by atoms with E-state index in [1.54, 1.807) is 0 Å². The molecule has 1 aliphatic heterocycles. The zero-order chi connectivity index (χ0) is 10.6. The molecular formula is C10H22N4. The van der Waals surface area contributed by atoms with Crippen molar-refractivity contribution in [2.24, 2.45) is 16.6 Å². The smallest absolute Gasteiger partial charge is 0.188 e. The second-order valence-electron chi connectivity index (χ2n) is 4.51. The molecule has 0 saturated carbocycles. The molecule has 14 heavy (non-hydrogen) atoms. The minimum atomic E-state index is 0.482. The average molecular weight is 198 g/mol. The number of likely N-dealkylation sites (N-methyl/N-ethyl adjacent to an activating group) is 1. The number of hydrogen-bond donors (Lipinski definition) is 2. The Bertz CT molecular complexity index is 200. The van der Waals surface area contributed by atoms with Crippen molar-refractivity contribution < 1.29 is 0 Å². The van der Waals surface area contributed by atoms with Gasteiger partial charge in [0.1, 0.15) is 0 Å². The first-order chi connectivity index (χ1) is 6.58. The number of nitrogens with two attached hydrogens (primary N) is 1. The number of nitrogens with one attached hydrogen (secondary N) is 1. The standard InChI is InChI=1S/C10H22N4/c1-8(2)6-12-10(11)13-9-4-5-14(3)7-9/h8-9H,4-7H2,1-3H3,(H3,11,12,13). The molecule has 82 valence electrons. The first-order valence-electron chi connectivity index (χ1n) is 5.33. The van der Waals surface area contributed by atoms with Gasteiger partial charge >= 0.3 is 0 Å². The van der Waals surface area contributed by atoms with Crippen molar-refractivity contribution >= 4 is 5.96 Å². The maximum absolute atomic E-state index is 5.77. The first kappa shape index (κ1) is 11.3. The van der Waals surface area contributed by atoms with Crippen molar-refractivity contribution in [1.29, 1.82) is 0 Å². The van der Waals surface area contributed by atoms with Crippen molar-refractivity contribution in [2.45, 2.75) is 26.3 Å². The molecule has 1 aliphatic rings. The van der Waals surface area contributed by atoms with Crippen LogP contribution in [0.5, 0.6) is 0 Å². The highest BCUT2D eigenvalue weighted by atomic mass is 15.2. The van der Waals surface area contributed by atoms with Gasteiger partial charge in [0.15, 0.2) is 5.96 Å². The van der Waals surface area contributed by atoms with Gasteiger partial charge in [0, 0.05) is 19.1 Å². The third kappa shape index (κ3) is 3.96. The lowest BCUT2D eigenvalue weighted by molar-refractivity contribution is 0.407. The highest BCUT2D eigenvalue weighted by molar-refractivity contribution is 5.78. The largest absolute Gasteiger partial charge is 0.370 e. The van der Waals surface area contributed by atoms with E-state index in [-0.39, 0.29) is 0 Å². The summed E-state index contributed by atoms with van der Waals surface area (Å²) in [5.74, 6) is 1.17. The SMILES string of the molecule is CC(C)CN=C(N)NC1CCN(C)C1. The molecular weight excluding hydrogens is 176 g/mol. The van der Waals surface area contributed by atoms with E-state index in [4.69, 9.17) is 5.73 Å². The second kappa shape index (κ2) is 5.20. The first-order valence-corrected chi connectivity index (χ1v) is 5.33. The highest BCUT2D eigenvalue weighted by Crippen LogP contribution is 2.05. The number of likely N-dealkylation sites (tertiary alicyclic amines) is 1. The Labute approximate surface area is 86.6 Å². The Morgan fingerprint density at radius 2 is 2.36 bits per heavy atom. The predicted octanol–water partition coefficient (Wildman–Crippen LogP) is 0.251. The summed E-state index contributed by atoms with van der Waals surface area (Å²) in [5.41, 5.74) is 5.77. The molecule has 1 atom stereocenters. The van der Waals surface area contributed by atoms with E-state index < -0.39 is 0 Å². The Kier molecular flexibility index (Phi) is 4.20. The van der Waals surface area contributed by atoms with Crippen molar-refractivity contribution in [3.8, 4) is 0 Å². The van der Waals surface area contributed by atoms with Crippen LogP contribution < -0.4 is 11.1 Å². The lowest BCUT2D eigenvalue weighted by Crippen LogP contribution is -2.41. The lowest BCUT2D eigenvalue weighted by Gasteiger charge is -2.13. The minimum Gasteiger partial charge on any atom is -0.370 e. The average Bonchev–Trinajstić information content (AvgIpc) is 2.48. The van der Waals surface area contributed by atoms with Crippen LogP contribution in [0.25, 0.3) is 0 Å². The van der Waals surface area contributed by atoms with Crippen molar-refractivity contribution in [3.63, 3.8) is 0 Å². The lowest BCUT2D eigenvalue weighted by atomic mass is 10.2. The maximum atomic E-state index is 5.77. The Morgan fingerprint density at radius 1 is 1.64 bits per heavy atom. The molecule has 0 aliphatic carbocycles. The topological polar surface area (TPSA) is 53.6 Å². The van der Waals surface area contributed by atoms with Crippen LogP contribution in [0.15, 0.2) is 4.99 Å². The molecule has 0 aromatic heterocycles. The minimum absolute atomic E-state index is 0.482. The van der Waals surface area contributed by atoms with Crippen LogP contribution in [0.3, 0.4) is 0 Å². The summed E-state index contributed by atoms with van der Waals surface area (Å²) in [7, 11) is 2.13. The van der Waals surface area contributed by atoms with Gasteiger partial charge in [-0.25, -0.2) is 0 Å². The highest BCUT2D eigenvalue weighted by Gasteiger charge is 2.19. The fraction of sp³-hybridized carbons (Fsp3) is 0.900. The Balaban J connectivity index is 2.26. The van der Waals surface area contributed by atoms with Gasteiger partial charge in [-0.15, -0.1) is 0 Å². The number of nitrogens with zero attached hydrogens (tertiary/aromatic N) is 2. The second-order valence-corrected chi connectivity index (χ2v) is 4.51. The molecule has 1 unspecified atom stereocenters. The third-order valence-electron chi connectivity index (χ3n) is 2.37. The number of rotatable bonds is 3. The third-order valence-corrected chi connectivity index (χ3v) is 2.37. The van der Waals surface area contributed by atoms with E-state index in [0.29, 0.717) is 17.9 Å². The molecule has 4 heteroatoms. The van der Waals surface area contributed by atoms with Crippen molar-refractivity contribution in [1.82, 2.24) is 10.2 Å². The van der Waals surface area contributed by atoms with Crippen LogP contribution in [-0.4, -0.2) is 43.6 Å². The van der Waals surface area contributed by atoms with Crippen LogP contribution >= 0.6 is 0 Å². The summed E-state index contributed by atoms with van der Waals surface area (Å²) < 4.78 is 0. The Morgan fingerprint density at radius 3 is 2.86 bits per heavy atom. The quantitative estimate of drug-likeness (QED) is 0.505. The Hall–Kier alpha value is -0.770. The molecule has 0 amide bonds. The molecule has 0 radical (unpaired) electrons. The van der Waals surface area contributed by atoms with Gasteiger partial charge in [-0.1, -0.05) is 13.8 Å². The monoisotopic (exact) mass is 198 g/mol. The zero-order valence-electron chi connectivity index (χ0n) is 9.45. The van der Waals surface area contributed by atoms with Crippen LogP contribution in [0, 0.1) is 5.92 Å². The van der Waals surface area contributed by atoms with Crippen molar-refractivity contribution in [3.05, 3.63) is 0 Å². The van der Waals surface area contributed by atoms with Crippen molar-refractivity contribution in [2.75, 3.05) is 26.7 Å². The molecule has 1 rings (SSSR count). The fourth-order valence-electron chi connectivity index (χ4n) is 1.59. The number of hydrogen-bond acceptors (Lipinski definition) is 2. The number of guanidine groups is 1. The number of aliphatic imine (C=N–C) groups is 1. The van der Waals surface area contributed by atoms with Gasteiger partial charge in [0.05, 0.1) is 0 Å². The molecule has 4 nitrogen and oxygen atoms in total. The predicted molar refractivity (Wildman–Crippen MR) is 60.4 cm³/mol. The molecule has 0 bridgehead atoms. The van der Waals surface area contributed by atoms with Gasteiger partial charge in [-0.3, -0.25) is 4.99 Å². The van der Waals surface area contributed by atoms with Gasteiger partial charge in [0.2, 0.25) is 0 Å². The summed E-state index contributed by atoms with van der Waals surface area (Å²) in [6.45, 7) is 7.30. The van der Waals surface area contributed by atoms with Crippen LogP contribution in [0.2, 0.25) is 0 Å². The summed E-state index contributed by atoms with van der Waals surface area (Å²) >= 11 is 0. The summed E-state index contributed by atoms with van der Waals surface area (Å²) in [5, 5.41) is 3.25. The van der Waals surface area contributed by atoms with E-state index in [2.05, 4.69) is 36.1 Å². The molecule has 0 aromatic rings. The van der Waals surface area contributed by atoms with Crippen LogP contribution in [0.4, 0.5) is 0 Å².